The van der Waals surface area contributed by atoms with Gasteiger partial charge in [-0.15, -0.1) is 0 Å². The molecule has 3 N–H and O–H groups in total. The number of nitrogens with one attached hydrogen (secondary N) is 1. The second kappa shape index (κ2) is 6.88. The number of hydrogen-bond donors (Lipinski definition) is 2. The summed E-state index contributed by atoms with van der Waals surface area (Å²) >= 11 is 0. The van der Waals surface area contributed by atoms with Gasteiger partial charge in [-0.3, -0.25) is 0 Å². The smallest absolute Gasteiger partial charge is 0.240 e. The topological polar surface area (TPSA) is 81.4 Å². The number of sulfonamides is 1. The van der Waals surface area contributed by atoms with Crippen molar-refractivity contribution in [3.8, 4) is 0 Å². The Balaban J connectivity index is 2.92. The first kappa shape index (κ1) is 15.9. The lowest BCUT2D eigenvalue weighted by Crippen LogP contribution is -2.37. The highest BCUT2D eigenvalue weighted by Gasteiger charge is 2.19. The molecule has 5 nitrogen and oxygen atoms in total. The number of nitrogen functional groups attached to an aromatic ring is 1. The van der Waals surface area contributed by atoms with Crippen molar-refractivity contribution in [2.75, 3.05) is 19.5 Å². The fourth-order valence-electron chi connectivity index (χ4n) is 1.83. The van der Waals surface area contributed by atoms with Gasteiger partial charge in [-0.05, 0) is 37.1 Å². The third-order valence-corrected chi connectivity index (χ3v) is 4.40. The highest BCUT2D eigenvalue weighted by atomic mass is 32.2. The van der Waals surface area contributed by atoms with E-state index in [-0.39, 0.29) is 10.9 Å². The quantitative estimate of drug-likeness (QED) is 0.747. The van der Waals surface area contributed by atoms with E-state index in [1.54, 1.807) is 26.2 Å². The van der Waals surface area contributed by atoms with Crippen LogP contribution in [0.4, 0.5) is 5.69 Å². The lowest BCUT2D eigenvalue weighted by atomic mass is 10.2. The molecular weight excluding hydrogens is 264 g/mol. The first-order valence-electron chi connectivity index (χ1n) is 6.28. The van der Waals surface area contributed by atoms with E-state index < -0.39 is 10.0 Å². The number of rotatable bonds is 7. The minimum Gasteiger partial charge on any atom is -0.399 e. The standard InChI is InChI=1S/C13H22N2O3S/c1-4-5-11(9-18-3)15-19(16,17)12-6-7-13(14)10(2)8-12/h6-8,11,15H,4-5,9,14H2,1-3H3. The van der Waals surface area contributed by atoms with Gasteiger partial charge >= 0.3 is 0 Å². The Labute approximate surface area is 115 Å². The highest BCUT2D eigenvalue weighted by molar-refractivity contribution is 7.89. The van der Waals surface area contributed by atoms with Crippen LogP contribution in [0.2, 0.25) is 0 Å². The first-order valence-corrected chi connectivity index (χ1v) is 7.76. The van der Waals surface area contributed by atoms with Gasteiger partial charge in [0.1, 0.15) is 0 Å². The van der Waals surface area contributed by atoms with E-state index in [2.05, 4.69) is 4.72 Å². The molecule has 19 heavy (non-hydrogen) atoms. The Bertz CT molecular complexity index is 509. The third-order valence-electron chi connectivity index (χ3n) is 2.88. The van der Waals surface area contributed by atoms with Gasteiger partial charge in [0.15, 0.2) is 0 Å². The predicted octanol–water partition coefficient (Wildman–Crippen LogP) is 1.67. The van der Waals surface area contributed by atoms with Gasteiger partial charge in [0.2, 0.25) is 10.0 Å². The zero-order chi connectivity index (χ0) is 14.5. The normalized spacial score (nSPS) is 13.4. The van der Waals surface area contributed by atoms with Gasteiger partial charge in [0.25, 0.3) is 0 Å². The molecule has 0 saturated carbocycles. The molecule has 0 heterocycles. The maximum absolute atomic E-state index is 12.2. The van der Waals surface area contributed by atoms with Crippen LogP contribution in [-0.2, 0) is 14.8 Å². The number of benzene rings is 1. The van der Waals surface area contributed by atoms with Gasteiger partial charge in [0.05, 0.1) is 11.5 Å². The molecule has 0 aliphatic heterocycles. The van der Waals surface area contributed by atoms with Crippen LogP contribution in [0.1, 0.15) is 25.3 Å². The SMILES string of the molecule is CCCC(COC)NS(=O)(=O)c1ccc(N)c(C)c1. The molecule has 1 atom stereocenters. The molecule has 0 spiro atoms. The molecule has 0 amide bonds. The molecule has 1 aromatic rings. The maximum Gasteiger partial charge on any atom is 0.240 e. The van der Waals surface area contributed by atoms with Crippen LogP contribution < -0.4 is 10.5 Å². The lowest BCUT2D eigenvalue weighted by molar-refractivity contribution is 0.171. The second-order valence-electron chi connectivity index (χ2n) is 4.58. The van der Waals surface area contributed by atoms with Crippen LogP contribution in [-0.4, -0.2) is 28.2 Å². The number of ether oxygens (including phenoxy) is 1. The van der Waals surface area contributed by atoms with Crippen LogP contribution in [0.3, 0.4) is 0 Å². The Morgan fingerprint density at radius 1 is 1.42 bits per heavy atom. The van der Waals surface area contributed by atoms with Gasteiger partial charge in [-0.25, -0.2) is 13.1 Å². The molecule has 1 aromatic carbocycles. The van der Waals surface area contributed by atoms with Crippen molar-refractivity contribution in [2.45, 2.75) is 37.6 Å². The maximum atomic E-state index is 12.2. The van der Waals surface area contributed by atoms with Crippen LogP contribution in [0.5, 0.6) is 0 Å². The van der Waals surface area contributed by atoms with Crippen LogP contribution in [0.15, 0.2) is 23.1 Å². The monoisotopic (exact) mass is 286 g/mol. The first-order chi connectivity index (χ1) is 8.90. The van der Waals surface area contributed by atoms with Crippen molar-refractivity contribution in [1.82, 2.24) is 4.72 Å². The van der Waals surface area contributed by atoms with Gasteiger partial charge in [-0.1, -0.05) is 13.3 Å². The molecule has 6 heteroatoms. The van der Waals surface area contributed by atoms with Crippen molar-refractivity contribution in [3.05, 3.63) is 23.8 Å². The molecule has 1 rings (SSSR count). The molecule has 108 valence electrons. The molecule has 0 aromatic heterocycles. The van der Waals surface area contributed by atoms with E-state index in [9.17, 15) is 8.42 Å². The Morgan fingerprint density at radius 3 is 2.63 bits per heavy atom. The highest BCUT2D eigenvalue weighted by Crippen LogP contribution is 2.17. The number of anilines is 1. The summed E-state index contributed by atoms with van der Waals surface area (Å²) in [5.41, 5.74) is 7.03. The van der Waals surface area contributed by atoms with Gasteiger partial charge in [-0.2, -0.15) is 0 Å². The molecule has 0 aliphatic rings. The minimum absolute atomic E-state index is 0.210. The molecule has 0 aliphatic carbocycles. The summed E-state index contributed by atoms with van der Waals surface area (Å²) in [5, 5.41) is 0. The molecular formula is C13H22N2O3S. The van der Waals surface area contributed by atoms with E-state index in [0.717, 1.165) is 18.4 Å². The number of nitrogens with two attached hydrogens (primary N) is 1. The third kappa shape index (κ3) is 4.49. The number of methoxy groups -OCH3 is 1. The minimum atomic E-state index is -3.53. The molecule has 0 radical (unpaired) electrons. The average Bonchev–Trinajstić information content (AvgIpc) is 2.32. The number of hydrogen-bond acceptors (Lipinski definition) is 4. The fourth-order valence-corrected chi connectivity index (χ4v) is 3.17. The predicted molar refractivity (Wildman–Crippen MR) is 76.5 cm³/mol. The summed E-state index contributed by atoms with van der Waals surface area (Å²) in [7, 11) is -1.97. The zero-order valence-electron chi connectivity index (χ0n) is 11.6. The van der Waals surface area contributed by atoms with Crippen LogP contribution in [0, 0.1) is 6.92 Å². The van der Waals surface area contributed by atoms with E-state index in [4.69, 9.17) is 10.5 Å². The second-order valence-corrected chi connectivity index (χ2v) is 6.29. The van der Waals surface area contributed by atoms with E-state index in [0.29, 0.717) is 12.3 Å². The summed E-state index contributed by atoms with van der Waals surface area (Å²) in [6.07, 6.45) is 1.62. The average molecular weight is 286 g/mol. The van der Waals surface area contributed by atoms with Gasteiger partial charge < -0.3 is 10.5 Å². The summed E-state index contributed by atoms with van der Waals surface area (Å²) in [6.45, 7) is 4.15. The van der Waals surface area contributed by atoms with E-state index >= 15 is 0 Å². The van der Waals surface area contributed by atoms with Crippen molar-refractivity contribution >= 4 is 15.7 Å². The molecule has 0 bridgehead atoms. The summed E-state index contributed by atoms with van der Waals surface area (Å²) in [6, 6.07) is 4.49. The van der Waals surface area contributed by atoms with Gasteiger partial charge in [0, 0.05) is 18.8 Å². The summed E-state index contributed by atoms with van der Waals surface area (Å²) in [5.74, 6) is 0. The fraction of sp³-hybridized carbons (Fsp3) is 0.538. The van der Waals surface area contributed by atoms with Crippen LogP contribution in [0.25, 0.3) is 0 Å². The van der Waals surface area contributed by atoms with Crippen molar-refractivity contribution < 1.29 is 13.2 Å². The van der Waals surface area contributed by atoms with Crippen molar-refractivity contribution in [3.63, 3.8) is 0 Å². The summed E-state index contributed by atoms with van der Waals surface area (Å²) < 4.78 is 32.2. The van der Waals surface area contributed by atoms with E-state index in [1.165, 1.54) is 6.07 Å². The Morgan fingerprint density at radius 2 is 2.11 bits per heavy atom. The molecule has 0 saturated heterocycles. The summed E-state index contributed by atoms with van der Waals surface area (Å²) in [4.78, 5) is 0.233. The lowest BCUT2D eigenvalue weighted by Gasteiger charge is -2.17. The Kier molecular flexibility index (Phi) is 5.78. The number of aryl methyl sites for hydroxylation is 1. The van der Waals surface area contributed by atoms with E-state index in [1.807, 2.05) is 6.92 Å². The Hall–Kier alpha value is -1.11. The molecule has 1 unspecified atom stereocenters. The van der Waals surface area contributed by atoms with Crippen LogP contribution >= 0.6 is 0 Å². The van der Waals surface area contributed by atoms with Crippen molar-refractivity contribution in [1.29, 1.82) is 0 Å². The van der Waals surface area contributed by atoms with Crippen molar-refractivity contribution in [2.24, 2.45) is 0 Å². The largest absolute Gasteiger partial charge is 0.399 e. The zero-order valence-corrected chi connectivity index (χ0v) is 12.5. The molecule has 0 fully saturated rings.